The van der Waals surface area contributed by atoms with Gasteiger partial charge in [-0.3, -0.25) is 0 Å². The van der Waals surface area contributed by atoms with Gasteiger partial charge in [0, 0.05) is 21.9 Å². The third kappa shape index (κ3) is 2.87. The van der Waals surface area contributed by atoms with Crippen LogP contribution in [0.3, 0.4) is 0 Å². The molecule has 0 amide bonds. The van der Waals surface area contributed by atoms with E-state index < -0.39 is 0 Å². The number of imidazole rings is 1. The molecule has 28 heavy (non-hydrogen) atoms. The van der Waals surface area contributed by atoms with Crippen molar-refractivity contribution in [2.45, 2.75) is 43.5 Å². The van der Waals surface area contributed by atoms with E-state index in [1.807, 2.05) is 18.7 Å². The van der Waals surface area contributed by atoms with Crippen molar-refractivity contribution in [1.82, 2.24) is 14.5 Å². The molecule has 1 aliphatic heterocycles. The average molecular weight is 387 g/mol. The van der Waals surface area contributed by atoms with Gasteiger partial charge in [0.2, 0.25) is 0 Å². The maximum absolute atomic E-state index is 4.87. The SMILES string of the molecule is CCc1nc2c(C)cc(C)nc2n1Cc1ccc2c(c1)Sc1ccccc1N2. The van der Waals surface area contributed by atoms with E-state index in [9.17, 15) is 0 Å². The molecule has 0 fully saturated rings. The molecule has 0 saturated carbocycles. The van der Waals surface area contributed by atoms with Crippen molar-refractivity contribution in [1.29, 1.82) is 0 Å². The van der Waals surface area contributed by atoms with Gasteiger partial charge in [0.15, 0.2) is 5.65 Å². The van der Waals surface area contributed by atoms with Gasteiger partial charge >= 0.3 is 0 Å². The lowest BCUT2D eigenvalue weighted by molar-refractivity contribution is 0.744. The van der Waals surface area contributed by atoms with Crippen LogP contribution in [0.1, 0.15) is 29.6 Å². The molecule has 0 spiro atoms. The fraction of sp³-hybridized carbons (Fsp3) is 0.217. The summed E-state index contributed by atoms with van der Waals surface area (Å²) in [6.45, 7) is 7.11. The molecule has 140 valence electrons. The zero-order chi connectivity index (χ0) is 19.3. The highest BCUT2D eigenvalue weighted by molar-refractivity contribution is 7.99. The van der Waals surface area contributed by atoms with E-state index in [1.54, 1.807) is 0 Å². The number of aryl methyl sites for hydroxylation is 3. The average Bonchev–Trinajstić information content (AvgIpc) is 3.04. The van der Waals surface area contributed by atoms with Crippen LogP contribution in [-0.4, -0.2) is 14.5 Å². The number of para-hydroxylation sites is 1. The third-order valence-electron chi connectivity index (χ3n) is 5.18. The Bertz CT molecular complexity index is 1210. The van der Waals surface area contributed by atoms with Gasteiger partial charge in [-0.05, 0) is 55.3 Å². The molecule has 2 aromatic heterocycles. The van der Waals surface area contributed by atoms with E-state index in [2.05, 4.69) is 72.3 Å². The molecule has 4 nitrogen and oxygen atoms in total. The van der Waals surface area contributed by atoms with Crippen molar-refractivity contribution in [3.05, 3.63) is 71.2 Å². The Morgan fingerprint density at radius 1 is 0.964 bits per heavy atom. The van der Waals surface area contributed by atoms with Crippen LogP contribution < -0.4 is 5.32 Å². The smallest absolute Gasteiger partial charge is 0.160 e. The van der Waals surface area contributed by atoms with Gasteiger partial charge in [0.05, 0.1) is 17.9 Å². The Labute approximate surface area is 169 Å². The van der Waals surface area contributed by atoms with Crippen LogP contribution in [-0.2, 0) is 13.0 Å². The summed E-state index contributed by atoms with van der Waals surface area (Å²) in [4.78, 5) is 12.2. The maximum Gasteiger partial charge on any atom is 0.160 e. The van der Waals surface area contributed by atoms with E-state index in [-0.39, 0.29) is 0 Å². The van der Waals surface area contributed by atoms with E-state index in [1.165, 1.54) is 32.3 Å². The monoisotopic (exact) mass is 386 g/mol. The first-order valence-corrected chi connectivity index (χ1v) is 10.4. The Morgan fingerprint density at radius 3 is 2.64 bits per heavy atom. The fourth-order valence-corrected chi connectivity index (χ4v) is 4.89. The minimum absolute atomic E-state index is 0.783. The number of anilines is 2. The lowest BCUT2D eigenvalue weighted by Gasteiger charge is -2.21. The summed E-state index contributed by atoms with van der Waals surface area (Å²) in [5.41, 5.74) is 7.85. The van der Waals surface area contributed by atoms with Crippen molar-refractivity contribution >= 4 is 34.3 Å². The van der Waals surface area contributed by atoms with E-state index in [4.69, 9.17) is 9.97 Å². The zero-order valence-corrected chi connectivity index (χ0v) is 17.1. The fourth-order valence-electron chi connectivity index (χ4n) is 3.84. The number of nitrogens with one attached hydrogen (secondary N) is 1. The van der Waals surface area contributed by atoms with Crippen LogP contribution in [0.15, 0.2) is 58.3 Å². The molecule has 0 radical (unpaired) electrons. The molecule has 2 aromatic carbocycles. The summed E-state index contributed by atoms with van der Waals surface area (Å²) in [5, 5.41) is 3.54. The lowest BCUT2D eigenvalue weighted by Crippen LogP contribution is -2.07. The third-order valence-corrected chi connectivity index (χ3v) is 6.31. The quantitative estimate of drug-likeness (QED) is 0.421. The molecule has 5 heteroatoms. The van der Waals surface area contributed by atoms with E-state index in [0.29, 0.717) is 0 Å². The van der Waals surface area contributed by atoms with E-state index >= 15 is 0 Å². The molecule has 1 aliphatic rings. The first-order chi connectivity index (χ1) is 13.6. The normalized spacial score (nSPS) is 12.5. The van der Waals surface area contributed by atoms with Crippen molar-refractivity contribution in [2.24, 2.45) is 0 Å². The molecule has 3 heterocycles. The van der Waals surface area contributed by atoms with E-state index in [0.717, 1.165) is 35.6 Å². The highest BCUT2D eigenvalue weighted by atomic mass is 32.2. The standard InChI is InChI=1S/C23H22N4S/c1-4-21-26-22-14(2)11-15(3)24-23(22)27(21)13-16-9-10-18-20(12-16)28-19-8-6-5-7-17(19)25-18/h5-12,25H,4,13H2,1-3H3. The van der Waals surface area contributed by atoms with Crippen LogP contribution in [0.25, 0.3) is 11.2 Å². The van der Waals surface area contributed by atoms with Gasteiger partial charge in [0.1, 0.15) is 11.3 Å². The number of fused-ring (bicyclic) bond motifs is 3. The molecular formula is C23H22N4S. The zero-order valence-electron chi connectivity index (χ0n) is 16.3. The number of aromatic nitrogens is 3. The number of pyridine rings is 1. The number of benzene rings is 2. The highest BCUT2D eigenvalue weighted by Gasteiger charge is 2.17. The molecule has 1 N–H and O–H groups in total. The summed E-state index contributed by atoms with van der Waals surface area (Å²) in [5.74, 6) is 1.09. The lowest BCUT2D eigenvalue weighted by atomic mass is 10.2. The molecule has 5 rings (SSSR count). The van der Waals surface area contributed by atoms with Crippen molar-refractivity contribution in [2.75, 3.05) is 5.32 Å². The van der Waals surface area contributed by atoms with Gasteiger partial charge < -0.3 is 9.88 Å². The molecule has 4 aromatic rings. The van der Waals surface area contributed by atoms with Crippen LogP contribution >= 0.6 is 11.8 Å². The summed E-state index contributed by atoms with van der Waals surface area (Å²) in [7, 11) is 0. The summed E-state index contributed by atoms with van der Waals surface area (Å²) >= 11 is 1.82. The topological polar surface area (TPSA) is 42.7 Å². The largest absolute Gasteiger partial charge is 0.354 e. The first-order valence-electron chi connectivity index (χ1n) is 9.62. The highest BCUT2D eigenvalue weighted by Crippen LogP contribution is 2.44. The van der Waals surface area contributed by atoms with Crippen molar-refractivity contribution < 1.29 is 0 Å². The summed E-state index contributed by atoms with van der Waals surface area (Å²) in [6, 6.07) is 17.2. The second kappa shape index (κ2) is 6.67. The van der Waals surface area contributed by atoms with Gasteiger partial charge in [-0.25, -0.2) is 9.97 Å². The van der Waals surface area contributed by atoms with Gasteiger partial charge in [-0.1, -0.05) is 36.9 Å². The van der Waals surface area contributed by atoms with Gasteiger partial charge in [-0.2, -0.15) is 0 Å². The number of nitrogens with zero attached hydrogens (tertiary/aromatic N) is 3. The minimum atomic E-state index is 0.783. The predicted octanol–water partition coefficient (Wildman–Crippen LogP) is 5.87. The van der Waals surface area contributed by atoms with Crippen LogP contribution in [0.2, 0.25) is 0 Å². The minimum Gasteiger partial charge on any atom is -0.354 e. The molecule has 0 aliphatic carbocycles. The molecule has 0 unspecified atom stereocenters. The number of hydrogen-bond acceptors (Lipinski definition) is 4. The Hall–Kier alpha value is -2.79. The molecular weight excluding hydrogens is 364 g/mol. The number of hydrogen-bond donors (Lipinski definition) is 1. The van der Waals surface area contributed by atoms with Crippen molar-refractivity contribution in [3.63, 3.8) is 0 Å². The van der Waals surface area contributed by atoms with Crippen LogP contribution in [0.5, 0.6) is 0 Å². The molecule has 0 saturated heterocycles. The molecule has 0 atom stereocenters. The van der Waals surface area contributed by atoms with Crippen LogP contribution in [0.4, 0.5) is 11.4 Å². The second-order valence-corrected chi connectivity index (χ2v) is 8.36. The predicted molar refractivity (Wildman–Crippen MR) is 116 cm³/mol. The Kier molecular flexibility index (Phi) is 4.13. The number of rotatable bonds is 3. The summed E-state index contributed by atoms with van der Waals surface area (Å²) < 4.78 is 2.27. The Morgan fingerprint density at radius 2 is 1.79 bits per heavy atom. The first kappa shape index (κ1) is 17.3. The van der Waals surface area contributed by atoms with Crippen LogP contribution in [0, 0.1) is 13.8 Å². The summed E-state index contributed by atoms with van der Waals surface area (Å²) in [6.07, 6.45) is 0.892. The maximum atomic E-state index is 4.87. The molecule has 0 bridgehead atoms. The Balaban J connectivity index is 1.54. The van der Waals surface area contributed by atoms with Gasteiger partial charge in [-0.15, -0.1) is 0 Å². The van der Waals surface area contributed by atoms with Gasteiger partial charge in [0.25, 0.3) is 0 Å². The van der Waals surface area contributed by atoms with Crippen molar-refractivity contribution in [3.8, 4) is 0 Å². The second-order valence-electron chi connectivity index (χ2n) is 7.27.